The predicted octanol–water partition coefficient (Wildman–Crippen LogP) is 2.75. The Bertz CT molecular complexity index is 1040. The summed E-state index contributed by atoms with van der Waals surface area (Å²) >= 11 is 0. The van der Waals surface area contributed by atoms with Crippen molar-refractivity contribution in [1.82, 2.24) is 19.6 Å². The molecule has 2 radical (unpaired) electrons. The maximum atomic E-state index is 10.8. The fourth-order valence-electron chi connectivity index (χ4n) is 2.53. The zero-order valence-corrected chi connectivity index (χ0v) is 20.4. The van der Waals surface area contributed by atoms with Crippen LogP contribution in [0.1, 0.15) is 16.2 Å². The molecule has 8 heteroatoms. The van der Waals surface area contributed by atoms with Gasteiger partial charge in [0, 0.05) is 79.5 Å². The number of hydrogen-bond acceptors (Lipinski definition) is 3. The molecule has 0 aliphatic heterocycles. The molecule has 0 saturated heterocycles. The Labute approximate surface area is 201 Å². The number of rotatable bonds is 1. The molecular formula is C18H16N4O2Y2-2. The molecule has 0 aliphatic rings. The number of nitrogens with zero attached hydrogens (tertiary/aromatic N) is 4. The Morgan fingerprint density at radius 2 is 1.46 bits per heavy atom. The van der Waals surface area contributed by atoms with Crippen molar-refractivity contribution in [2.45, 2.75) is 6.92 Å². The summed E-state index contributed by atoms with van der Waals surface area (Å²) in [5, 5.41) is 19.0. The monoisotopic (exact) mass is 498 g/mol. The van der Waals surface area contributed by atoms with E-state index in [1.165, 1.54) is 15.8 Å². The molecule has 0 spiro atoms. The summed E-state index contributed by atoms with van der Waals surface area (Å²) < 4.78 is 3.23. The quantitative estimate of drug-likeness (QED) is 0.410. The van der Waals surface area contributed by atoms with E-state index in [4.69, 9.17) is 5.11 Å². The van der Waals surface area contributed by atoms with Gasteiger partial charge in [0.2, 0.25) is 0 Å². The topological polar surface area (TPSA) is 72.9 Å². The van der Waals surface area contributed by atoms with E-state index in [1.807, 2.05) is 23.9 Å². The molecule has 2 heterocycles. The molecule has 0 atom stereocenters. The van der Waals surface area contributed by atoms with E-state index in [0.717, 1.165) is 5.52 Å². The fraction of sp³-hybridized carbons (Fsp3) is 0.167. The van der Waals surface area contributed by atoms with Crippen LogP contribution in [0, 0.1) is 19.1 Å². The largest absolute Gasteiger partial charge is 0.477 e. The van der Waals surface area contributed by atoms with Crippen molar-refractivity contribution in [2.75, 3.05) is 0 Å². The van der Waals surface area contributed by atoms with E-state index in [1.54, 1.807) is 25.2 Å². The van der Waals surface area contributed by atoms with E-state index < -0.39 is 5.97 Å². The molecule has 0 bridgehead atoms. The van der Waals surface area contributed by atoms with E-state index in [2.05, 4.69) is 35.3 Å². The molecule has 0 aliphatic carbocycles. The third kappa shape index (κ3) is 4.66. The second kappa shape index (κ2) is 9.84. The van der Waals surface area contributed by atoms with Crippen molar-refractivity contribution >= 4 is 27.8 Å². The average molecular weight is 498 g/mol. The Morgan fingerprint density at radius 3 is 2.00 bits per heavy atom. The SMILES string of the molecule is Cc1c2ccc[c-]c2nn1C.Cn1nc2[c-]cccc2c1C(=O)O.[Y].[Y]. The van der Waals surface area contributed by atoms with Gasteiger partial charge in [-0.05, 0) is 23.7 Å². The third-order valence-electron chi connectivity index (χ3n) is 3.83. The maximum absolute atomic E-state index is 10.8. The van der Waals surface area contributed by atoms with Gasteiger partial charge in [-0.2, -0.15) is 48.5 Å². The van der Waals surface area contributed by atoms with E-state index in [-0.39, 0.29) is 71.1 Å². The van der Waals surface area contributed by atoms with Gasteiger partial charge in [-0.25, -0.2) is 15.0 Å². The fourth-order valence-corrected chi connectivity index (χ4v) is 2.53. The van der Waals surface area contributed by atoms with Crippen LogP contribution in [0.2, 0.25) is 0 Å². The summed E-state index contributed by atoms with van der Waals surface area (Å²) in [6.45, 7) is 2.06. The van der Waals surface area contributed by atoms with E-state index in [0.29, 0.717) is 10.9 Å². The second-order valence-corrected chi connectivity index (χ2v) is 5.35. The normalized spacial score (nSPS) is 9.81. The number of benzene rings is 2. The molecular weight excluding hydrogens is 482 g/mol. The Balaban J connectivity index is 0.000000244. The molecule has 6 nitrogen and oxygen atoms in total. The van der Waals surface area contributed by atoms with Crippen molar-refractivity contribution in [2.24, 2.45) is 14.1 Å². The van der Waals surface area contributed by atoms with Crippen LogP contribution in [-0.2, 0) is 79.5 Å². The van der Waals surface area contributed by atoms with Crippen LogP contribution in [0.25, 0.3) is 21.8 Å². The van der Waals surface area contributed by atoms with Gasteiger partial charge in [0.25, 0.3) is 0 Å². The summed E-state index contributed by atoms with van der Waals surface area (Å²) in [4.78, 5) is 10.8. The van der Waals surface area contributed by atoms with Crippen molar-refractivity contribution < 1.29 is 75.3 Å². The molecule has 2 aromatic heterocycles. The van der Waals surface area contributed by atoms with Gasteiger partial charge in [-0.1, -0.05) is 10.8 Å². The van der Waals surface area contributed by atoms with Crippen LogP contribution < -0.4 is 0 Å². The minimum Gasteiger partial charge on any atom is -0.477 e. The van der Waals surface area contributed by atoms with Gasteiger partial charge < -0.3 is 5.11 Å². The smallest absolute Gasteiger partial charge is 0.342 e. The van der Waals surface area contributed by atoms with Crippen molar-refractivity contribution in [3.8, 4) is 0 Å². The predicted molar refractivity (Wildman–Crippen MR) is 90.8 cm³/mol. The number of hydrogen-bond donors (Lipinski definition) is 1. The van der Waals surface area contributed by atoms with Crippen LogP contribution in [0.4, 0.5) is 0 Å². The van der Waals surface area contributed by atoms with Gasteiger partial charge in [-0.3, -0.25) is 9.36 Å². The van der Waals surface area contributed by atoms with Crippen molar-refractivity contribution in [3.63, 3.8) is 0 Å². The van der Waals surface area contributed by atoms with Gasteiger partial charge in [0.1, 0.15) is 0 Å². The molecule has 4 aromatic rings. The van der Waals surface area contributed by atoms with Crippen molar-refractivity contribution in [3.05, 3.63) is 59.9 Å². The Morgan fingerprint density at radius 1 is 0.962 bits per heavy atom. The number of carboxylic acids is 1. The van der Waals surface area contributed by atoms with Gasteiger partial charge in [0.05, 0.1) is 5.69 Å². The number of fused-ring (bicyclic) bond motifs is 2. The number of carboxylic acid groups (broad SMARTS) is 1. The first-order valence-electron chi connectivity index (χ1n) is 7.35. The standard InChI is InChI=1S/C9H7N2O2.C9H9N2.2Y/c1-11-8(9(12)13)6-4-2-3-5-7(6)10-11;1-7-8-5-3-4-6-9(8)10-11(7)2;;/h2-4H,1H3,(H,12,13);3-5H,1-2H3;;/q2*-1;;. The number of aromatic carboxylic acids is 1. The summed E-state index contributed by atoms with van der Waals surface area (Å²) in [6, 6.07) is 17.1. The van der Waals surface area contributed by atoms with E-state index in [9.17, 15) is 4.79 Å². The first-order chi connectivity index (χ1) is 11.5. The maximum Gasteiger partial charge on any atom is 0.342 e. The number of carbonyl (C=O) groups is 1. The van der Waals surface area contributed by atoms with Crippen LogP contribution >= 0.6 is 0 Å². The van der Waals surface area contributed by atoms with Crippen LogP contribution in [0.5, 0.6) is 0 Å². The molecule has 0 saturated carbocycles. The summed E-state index contributed by atoms with van der Waals surface area (Å²) in [6.07, 6.45) is 0. The van der Waals surface area contributed by atoms with E-state index >= 15 is 0 Å². The first kappa shape index (κ1) is 23.1. The minimum absolute atomic E-state index is 0. The molecule has 128 valence electrons. The molecule has 0 amide bonds. The van der Waals surface area contributed by atoms with Gasteiger partial charge in [0.15, 0.2) is 0 Å². The molecule has 0 unspecified atom stereocenters. The van der Waals surface area contributed by atoms with Crippen LogP contribution in [0.15, 0.2) is 36.4 Å². The number of aromatic nitrogens is 4. The molecule has 0 fully saturated rings. The Hall–Kier alpha value is -0.942. The minimum atomic E-state index is -0.968. The Kier molecular flexibility index (Phi) is 8.74. The van der Waals surface area contributed by atoms with Gasteiger partial charge >= 0.3 is 5.97 Å². The zero-order chi connectivity index (χ0) is 17.3. The van der Waals surface area contributed by atoms with Crippen LogP contribution in [-0.4, -0.2) is 30.6 Å². The average Bonchev–Trinajstić information content (AvgIpc) is 3.04. The van der Waals surface area contributed by atoms with Crippen LogP contribution in [0.3, 0.4) is 0 Å². The second-order valence-electron chi connectivity index (χ2n) is 5.35. The zero-order valence-electron chi connectivity index (χ0n) is 14.8. The first-order valence-corrected chi connectivity index (χ1v) is 7.35. The summed E-state index contributed by atoms with van der Waals surface area (Å²) in [5.74, 6) is -0.968. The molecule has 2 aromatic carbocycles. The van der Waals surface area contributed by atoms with Crippen molar-refractivity contribution in [1.29, 1.82) is 0 Å². The molecule has 26 heavy (non-hydrogen) atoms. The summed E-state index contributed by atoms with van der Waals surface area (Å²) in [5.41, 5.74) is 2.93. The summed E-state index contributed by atoms with van der Waals surface area (Å²) in [7, 11) is 3.56. The molecule has 4 rings (SSSR count). The molecule has 1 N–H and O–H groups in total. The van der Waals surface area contributed by atoms with Gasteiger partial charge in [-0.15, -0.1) is 0 Å². The third-order valence-corrected chi connectivity index (χ3v) is 3.83. The number of aryl methyl sites for hydroxylation is 3.